The molecule has 2 aromatic rings. The summed E-state index contributed by atoms with van der Waals surface area (Å²) >= 11 is 0. The number of rotatable bonds is 2. The zero-order valence-corrected chi connectivity index (χ0v) is 11.5. The summed E-state index contributed by atoms with van der Waals surface area (Å²) in [5, 5.41) is 0. The lowest BCUT2D eigenvalue weighted by molar-refractivity contribution is 0.261. The molecule has 0 fully saturated rings. The molecular weight excluding hydrogens is 251 g/mol. The van der Waals surface area contributed by atoms with Crippen LogP contribution in [0.2, 0.25) is 0 Å². The second-order valence-corrected chi connectivity index (χ2v) is 5.43. The Bertz CT molecular complexity index is 610. The van der Waals surface area contributed by atoms with Gasteiger partial charge in [0.25, 0.3) is 0 Å². The van der Waals surface area contributed by atoms with Crippen molar-refractivity contribution in [3.05, 3.63) is 65.0 Å². The molecular formula is C17H19FN2. The first-order valence-electron chi connectivity index (χ1n) is 7.05. The van der Waals surface area contributed by atoms with E-state index in [9.17, 15) is 4.39 Å². The molecule has 104 valence electrons. The van der Waals surface area contributed by atoms with Crippen molar-refractivity contribution >= 4 is 5.69 Å². The Hall–Kier alpha value is -1.87. The fraction of sp³-hybridized carbons (Fsp3) is 0.294. The molecule has 3 heteroatoms. The van der Waals surface area contributed by atoms with E-state index >= 15 is 0 Å². The molecule has 1 aliphatic rings. The summed E-state index contributed by atoms with van der Waals surface area (Å²) in [6.45, 7) is 2.63. The number of halogens is 1. The van der Waals surface area contributed by atoms with Crippen molar-refractivity contribution in [3.8, 4) is 0 Å². The summed E-state index contributed by atoms with van der Waals surface area (Å²) in [5.41, 5.74) is 10.3. The van der Waals surface area contributed by atoms with Gasteiger partial charge in [-0.1, -0.05) is 24.3 Å². The third-order valence-electron chi connectivity index (χ3n) is 3.93. The molecule has 2 N–H and O–H groups in total. The topological polar surface area (TPSA) is 29.3 Å². The third-order valence-corrected chi connectivity index (χ3v) is 3.93. The molecule has 0 unspecified atom stereocenters. The van der Waals surface area contributed by atoms with Gasteiger partial charge in [0.2, 0.25) is 0 Å². The van der Waals surface area contributed by atoms with Crippen molar-refractivity contribution in [1.82, 2.24) is 4.90 Å². The van der Waals surface area contributed by atoms with E-state index in [-0.39, 0.29) is 5.82 Å². The molecule has 0 spiro atoms. The predicted molar refractivity (Wildman–Crippen MR) is 79.7 cm³/mol. The summed E-state index contributed by atoms with van der Waals surface area (Å²) < 4.78 is 13.3. The first-order valence-corrected chi connectivity index (χ1v) is 7.05. The van der Waals surface area contributed by atoms with Gasteiger partial charge in [0.05, 0.1) is 0 Å². The van der Waals surface area contributed by atoms with E-state index in [0.717, 1.165) is 31.5 Å². The van der Waals surface area contributed by atoms with Gasteiger partial charge in [-0.15, -0.1) is 0 Å². The molecule has 0 amide bonds. The summed E-state index contributed by atoms with van der Waals surface area (Å²) in [6, 6.07) is 13.2. The number of hydrogen-bond donors (Lipinski definition) is 1. The van der Waals surface area contributed by atoms with Crippen LogP contribution >= 0.6 is 0 Å². The maximum atomic E-state index is 13.3. The van der Waals surface area contributed by atoms with E-state index in [0.29, 0.717) is 12.2 Å². The van der Waals surface area contributed by atoms with Crippen molar-refractivity contribution in [3.63, 3.8) is 0 Å². The standard InChI is InChI=1S/C17H19FN2/c18-16-7-8-17(19)15(10-16)12-20-9-3-6-13-4-1-2-5-14(13)11-20/h1-2,4-5,7-8,10H,3,6,9,11-12,19H2. The van der Waals surface area contributed by atoms with Gasteiger partial charge in [-0.25, -0.2) is 4.39 Å². The van der Waals surface area contributed by atoms with Crippen LogP contribution in [0.25, 0.3) is 0 Å². The summed E-state index contributed by atoms with van der Waals surface area (Å²) in [5.74, 6) is -0.218. The Morgan fingerprint density at radius 3 is 2.75 bits per heavy atom. The van der Waals surface area contributed by atoms with Crippen LogP contribution in [-0.2, 0) is 19.5 Å². The highest BCUT2D eigenvalue weighted by atomic mass is 19.1. The highest BCUT2D eigenvalue weighted by Gasteiger charge is 2.15. The van der Waals surface area contributed by atoms with E-state index in [1.165, 1.54) is 17.2 Å². The molecule has 0 saturated carbocycles. The number of nitrogens with two attached hydrogens (primary N) is 1. The van der Waals surface area contributed by atoms with E-state index in [1.54, 1.807) is 12.1 Å². The number of anilines is 1. The molecule has 3 rings (SSSR count). The molecule has 1 heterocycles. The molecule has 0 radical (unpaired) electrons. The normalized spacial score (nSPS) is 15.7. The van der Waals surface area contributed by atoms with Crippen molar-refractivity contribution < 1.29 is 4.39 Å². The summed E-state index contributed by atoms with van der Waals surface area (Å²) in [6.07, 6.45) is 2.25. The minimum Gasteiger partial charge on any atom is -0.398 e. The molecule has 1 aliphatic heterocycles. The number of hydrogen-bond acceptors (Lipinski definition) is 2. The van der Waals surface area contributed by atoms with E-state index < -0.39 is 0 Å². The number of fused-ring (bicyclic) bond motifs is 1. The summed E-state index contributed by atoms with van der Waals surface area (Å²) in [7, 11) is 0. The smallest absolute Gasteiger partial charge is 0.123 e. The second-order valence-electron chi connectivity index (χ2n) is 5.43. The maximum Gasteiger partial charge on any atom is 0.123 e. The Morgan fingerprint density at radius 2 is 1.90 bits per heavy atom. The molecule has 0 aromatic heterocycles. The minimum absolute atomic E-state index is 0.218. The van der Waals surface area contributed by atoms with Gasteiger partial charge in [-0.2, -0.15) is 0 Å². The fourth-order valence-corrected chi connectivity index (χ4v) is 2.86. The van der Waals surface area contributed by atoms with Gasteiger partial charge < -0.3 is 5.73 Å². The van der Waals surface area contributed by atoms with Crippen molar-refractivity contribution in [2.24, 2.45) is 0 Å². The zero-order chi connectivity index (χ0) is 13.9. The number of nitrogens with zero attached hydrogens (tertiary/aromatic N) is 1. The van der Waals surface area contributed by atoms with Crippen LogP contribution in [-0.4, -0.2) is 11.4 Å². The highest BCUT2D eigenvalue weighted by molar-refractivity contribution is 5.46. The maximum absolute atomic E-state index is 13.3. The average molecular weight is 270 g/mol. The first kappa shape index (κ1) is 13.1. The van der Waals surface area contributed by atoms with Gasteiger partial charge in [0, 0.05) is 18.8 Å². The van der Waals surface area contributed by atoms with Crippen molar-refractivity contribution in [1.29, 1.82) is 0 Å². The first-order chi connectivity index (χ1) is 9.72. The molecule has 0 atom stereocenters. The lowest BCUT2D eigenvalue weighted by Gasteiger charge is -2.21. The monoisotopic (exact) mass is 270 g/mol. The Balaban J connectivity index is 1.80. The van der Waals surface area contributed by atoms with E-state index in [2.05, 4.69) is 29.2 Å². The van der Waals surface area contributed by atoms with Gasteiger partial charge in [0.15, 0.2) is 0 Å². The SMILES string of the molecule is Nc1ccc(F)cc1CN1CCCc2ccccc2C1. The van der Waals surface area contributed by atoms with Gasteiger partial charge in [0.1, 0.15) is 5.82 Å². The van der Waals surface area contributed by atoms with Crippen molar-refractivity contribution in [2.75, 3.05) is 12.3 Å². The molecule has 0 bridgehead atoms. The van der Waals surface area contributed by atoms with Crippen LogP contribution in [0.1, 0.15) is 23.1 Å². The number of nitrogen functional groups attached to an aromatic ring is 1. The Kier molecular flexibility index (Phi) is 3.70. The molecule has 2 nitrogen and oxygen atoms in total. The Labute approximate surface area is 119 Å². The third kappa shape index (κ3) is 2.83. The average Bonchev–Trinajstić information content (AvgIpc) is 2.64. The lowest BCUT2D eigenvalue weighted by atomic mass is 10.0. The van der Waals surface area contributed by atoms with Crippen LogP contribution in [0.15, 0.2) is 42.5 Å². The Morgan fingerprint density at radius 1 is 1.10 bits per heavy atom. The predicted octanol–water partition coefficient (Wildman–Crippen LogP) is 3.36. The number of benzene rings is 2. The van der Waals surface area contributed by atoms with Crippen LogP contribution in [0, 0.1) is 5.82 Å². The highest BCUT2D eigenvalue weighted by Crippen LogP contribution is 2.22. The second kappa shape index (κ2) is 5.63. The van der Waals surface area contributed by atoms with Crippen LogP contribution in [0.3, 0.4) is 0 Å². The molecule has 0 saturated heterocycles. The fourth-order valence-electron chi connectivity index (χ4n) is 2.86. The zero-order valence-electron chi connectivity index (χ0n) is 11.5. The van der Waals surface area contributed by atoms with Crippen molar-refractivity contribution in [2.45, 2.75) is 25.9 Å². The van der Waals surface area contributed by atoms with Gasteiger partial charge in [-0.3, -0.25) is 4.90 Å². The van der Waals surface area contributed by atoms with Crippen LogP contribution in [0.5, 0.6) is 0 Å². The van der Waals surface area contributed by atoms with Crippen LogP contribution < -0.4 is 5.73 Å². The lowest BCUT2D eigenvalue weighted by Crippen LogP contribution is -2.23. The van der Waals surface area contributed by atoms with E-state index in [1.807, 2.05) is 0 Å². The number of aryl methyl sites for hydroxylation is 1. The van der Waals surface area contributed by atoms with Crippen LogP contribution in [0.4, 0.5) is 10.1 Å². The van der Waals surface area contributed by atoms with Gasteiger partial charge in [-0.05, 0) is 54.3 Å². The quantitative estimate of drug-likeness (QED) is 0.848. The molecule has 20 heavy (non-hydrogen) atoms. The van der Waals surface area contributed by atoms with E-state index in [4.69, 9.17) is 5.73 Å². The van der Waals surface area contributed by atoms with Gasteiger partial charge >= 0.3 is 0 Å². The molecule has 0 aliphatic carbocycles. The molecule has 2 aromatic carbocycles. The largest absolute Gasteiger partial charge is 0.398 e. The minimum atomic E-state index is -0.218. The summed E-state index contributed by atoms with van der Waals surface area (Å²) in [4.78, 5) is 2.34.